The highest BCUT2D eigenvalue weighted by atomic mass is 16.2. The summed E-state index contributed by atoms with van der Waals surface area (Å²) in [7, 11) is 1.87. The Hall–Kier alpha value is -2.70. The number of aromatic nitrogens is 2. The van der Waals surface area contributed by atoms with Gasteiger partial charge in [-0.2, -0.15) is 0 Å². The van der Waals surface area contributed by atoms with Crippen LogP contribution in [0.1, 0.15) is 18.4 Å². The highest BCUT2D eigenvalue weighted by Crippen LogP contribution is 2.18. The molecule has 7 heteroatoms. The maximum atomic E-state index is 12.2. The van der Waals surface area contributed by atoms with Crippen molar-refractivity contribution in [1.82, 2.24) is 20.2 Å². The second-order valence-corrected chi connectivity index (χ2v) is 5.39. The molecule has 0 radical (unpaired) electrons. The molecule has 1 atom stereocenters. The van der Waals surface area contributed by atoms with Gasteiger partial charge in [0.25, 0.3) is 0 Å². The van der Waals surface area contributed by atoms with Gasteiger partial charge < -0.3 is 9.88 Å². The second kappa shape index (κ2) is 5.59. The summed E-state index contributed by atoms with van der Waals surface area (Å²) >= 11 is 0. The average molecular weight is 300 g/mol. The Morgan fingerprint density at radius 1 is 1.50 bits per heavy atom. The van der Waals surface area contributed by atoms with E-state index in [4.69, 9.17) is 0 Å². The minimum atomic E-state index is -0.640. The van der Waals surface area contributed by atoms with Crippen molar-refractivity contribution in [3.05, 3.63) is 30.1 Å². The Morgan fingerprint density at radius 3 is 3.09 bits per heavy atom. The molecule has 1 unspecified atom stereocenters. The van der Waals surface area contributed by atoms with Gasteiger partial charge in [0.15, 0.2) is 0 Å². The fraction of sp³-hybridized carbons (Fsp3) is 0.333. The SMILES string of the molecule is Cn1cc(CC(=O)NC2CCC(=O)NC2=O)c2cccnc21. The van der Waals surface area contributed by atoms with Crippen LogP contribution in [0.15, 0.2) is 24.5 Å². The van der Waals surface area contributed by atoms with Crippen molar-refractivity contribution in [2.24, 2.45) is 7.05 Å². The summed E-state index contributed by atoms with van der Waals surface area (Å²) in [5, 5.41) is 5.82. The molecule has 1 aliphatic rings. The molecule has 1 fully saturated rings. The van der Waals surface area contributed by atoms with Gasteiger partial charge in [0, 0.05) is 31.2 Å². The Balaban J connectivity index is 1.71. The molecule has 3 rings (SSSR count). The van der Waals surface area contributed by atoms with Gasteiger partial charge in [-0.15, -0.1) is 0 Å². The fourth-order valence-corrected chi connectivity index (χ4v) is 2.68. The van der Waals surface area contributed by atoms with Crippen LogP contribution in [0.5, 0.6) is 0 Å². The first kappa shape index (κ1) is 14.2. The van der Waals surface area contributed by atoms with E-state index in [1.54, 1.807) is 6.20 Å². The van der Waals surface area contributed by atoms with E-state index in [9.17, 15) is 14.4 Å². The lowest BCUT2D eigenvalue weighted by molar-refractivity contribution is -0.137. The maximum absolute atomic E-state index is 12.2. The van der Waals surface area contributed by atoms with E-state index in [0.717, 1.165) is 16.6 Å². The molecule has 3 heterocycles. The molecule has 7 nitrogen and oxygen atoms in total. The smallest absolute Gasteiger partial charge is 0.249 e. The summed E-state index contributed by atoms with van der Waals surface area (Å²) in [4.78, 5) is 39.2. The Labute approximate surface area is 126 Å². The van der Waals surface area contributed by atoms with Crippen LogP contribution >= 0.6 is 0 Å². The Bertz CT molecular complexity index is 765. The van der Waals surface area contributed by atoms with Crippen LogP contribution in [0.2, 0.25) is 0 Å². The van der Waals surface area contributed by atoms with Gasteiger partial charge in [-0.05, 0) is 24.1 Å². The van der Waals surface area contributed by atoms with Gasteiger partial charge in [-0.25, -0.2) is 4.98 Å². The van der Waals surface area contributed by atoms with E-state index < -0.39 is 11.9 Å². The Kier molecular flexibility index (Phi) is 3.62. The van der Waals surface area contributed by atoms with Gasteiger partial charge in [-0.1, -0.05) is 0 Å². The van der Waals surface area contributed by atoms with Crippen LogP contribution in [0.25, 0.3) is 11.0 Å². The number of hydrogen-bond donors (Lipinski definition) is 2. The summed E-state index contributed by atoms with van der Waals surface area (Å²) in [5.74, 6) is -0.981. The van der Waals surface area contributed by atoms with Crippen LogP contribution in [-0.4, -0.2) is 33.3 Å². The third-order valence-corrected chi connectivity index (χ3v) is 3.74. The lowest BCUT2D eigenvalue weighted by Gasteiger charge is -2.21. The van der Waals surface area contributed by atoms with Gasteiger partial charge in [-0.3, -0.25) is 19.7 Å². The molecule has 0 saturated carbocycles. The number of aryl methyl sites for hydroxylation is 1. The van der Waals surface area contributed by atoms with Crippen molar-refractivity contribution in [1.29, 1.82) is 0 Å². The summed E-state index contributed by atoms with van der Waals surface area (Å²) in [6.07, 6.45) is 4.32. The first-order chi connectivity index (χ1) is 10.5. The molecular formula is C15H16N4O3. The normalized spacial score (nSPS) is 18.3. The standard InChI is InChI=1S/C15H16N4O3/c1-19-8-9(10-3-2-6-16-14(10)19)7-13(21)17-11-4-5-12(20)18-15(11)22/h2-3,6,8,11H,4-5,7H2,1H3,(H,17,21)(H,18,20,22). The first-order valence-corrected chi connectivity index (χ1v) is 7.06. The largest absolute Gasteiger partial charge is 0.344 e. The van der Waals surface area contributed by atoms with E-state index in [1.165, 1.54) is 0 Å². The fourth-order valence-electron chi connectivity index (χ4n) is 2.68. The zero-order valence-corrected chi connectivity index (χ0v) is 12.1. The highest BCUT2D eigenvalue weighted by Gasteiger charge is 2.27. The molecule has 1 aliphatic heterocycles. The second-order valence-electron chi connectivity index (χ2n) is 5.39. The number of pyridine rings is 1. The number of hydrogen-bond acceptors (Lipinski definition) is 4. The average Bonchev–Trinajstić information content (AvgIpc) is 2.79. The monoisotopic (exact) mass is 300 g/mol. The van der Waals surface area contributed by atoms with Crippen LogP contribution in [0.3, 0.4) is 0 Å². The molecule has 2 aromatic heterocycles. The van der Waals surface area contributed by atoms with Crippen LogP contribution in [0.4, 0.5) is 0 Å². The van der Waals surface area contributed by atoms with Gasteiger partial charge in [0.05, 0.1) is 6.42 Å². The molecule has 0 bridgehead atoms. The molecule has 0 spiro atoms. The number of carbonyl (C=O) groups is 3. The summed E-state index contributed by atoms with van der Waals surface area (Å²) in [6.45, 7) is 0. The van der Waals surface area contributed by atoms with Crippen molar-refractivity contribution in [3.63, 3.8) is 0 Å². The number of nitrogens with zero attached hydrogens (tertiary/aromatic N) is 2. The Morgan fingerprint density at radius 2 is 2.32 bits per heavy atom. The number of carbonyl (C=O) groups excluding carboxylic acids is 3. The molecule has 2 aromatic rings. The van der Waals surface area contributed by atoms with Gasteiger partial charge in [0.1, 0.15) is 11.7 Å². The third kappa shape index (κ3) is 2.69. The summed E-state index contributed by atoms with van der Waals surface area (Å²) in [5.41, 5.74) is 1.67. The van der Waals surface area contributed by atoms with E-state index in [1.807, 2.05) is 29.9 Å². The number of rotatable bonds is 3. The lowest BCUT2D eigenvalue weighted by atomic mass is 10.1. The zero-order valence-electron chi connectivity index (χ0n) is 12.1. The van der Waals surface area contributed by atoms with Crippen molar-refractivity contribution in [2.75, 3.05) is 0 Å². The summed E-state index contributed by atoms with van der Waals surface area (Å²) in [6, 6.07) is 3.10. The van der Waals surface area contributed by atoms with E-state index in [0.29, 0.717) is 6.42 Å². The van der Waals surface area contributed by atoms with Crippen molar-refractivity contribution in [3.8, 4) is 0 Å². The number of imide groups is 1. The van der Waals surface area contributed by atoms with Gasteiger partial charge >= 0.3 is 0 Å². The highest BCUT2D eigenvalue weighted by molar-refractivity contribution is 6.02. The predicted octanol–water partition coefficient (Wildman–Crippen LogP) is 0.0372. The minimum absolute atomic E-state index is 0.167. The molecule has 1 saturated heterocycles. The molecular weight excluding hydrogens is 284 g/mol. The molecule has 2 N–H and O–H groups in total. The van der Waals surface area contributed by atoms with E-state index >= 15 is 0 Å². The van der Waals surface area contributed by atoms with Crippen LogP contribution in [0, 0.1) is 0 Å². The summed E-state index contributed by atoms with van der Waals surface area (Å²) < 4.78 is 1.87. The number of nitrogens with one attached hydrogen (secondary N) is 2. The first-order valence-electron chi connectivity index (χ1n) is 7.06. The van der Waals surface area contributed by atoms with Crippen molar-refractivity contribution >= 4 is 28.8 Å². The third-order valence-electron chi connectivity index (χ3n) is 3.74. The molecule has 0 aromatic carbocycles. The van der Waals surface area contributed by atoms with E-state index in [-0.39, 0.29) is 24.7 Å². The number of piperidine rings is 1. The van der Waals surface area contributed by atoms with Crippen molar-refractivity contribution < 1.29 is 14.4 Å². The maximum Gasteiger partial charge on any atom is 0.249 e. The number of amides is 3. The van der Waals surface area contributed by atoms with Crippen molar-refractivity contribution in [2.45, 2.75) is 25.3 Å². The quantitative estimate of drug-likeness (QED) is 0.783. The minimum Gasteiger partial charge on any atom is -0.344 e. The van der Waals surface area contributed by atoms with Crippen LogP contribution < -0.4 is 10.6 Å². The predicted molar refractivity (Wildman–Crippen MR) is 78.7 cm³/mol. The zero-order chi connectivity index (χ0) is 15.7. The van der Waals surface area contributed by atoms with Gasteiger partial charge in [0.2, 0.25) is 17.7 Å². The molecule has 22 heavy (non-hydrogen) atoms. The number of fused-ring (bicyclic) bond motifs is 1. The van der Waals surface area contributed by atoms with E-state index in [2.05, 4.69) is 15.6 Å². The molecule has 3 amide bonds. The molecule has 0 aliphatic carbocycles. The topological polar surface area (TPSA) is 93.1 Å². The molecule has 114 valence electrons. The lowest BCUT2D eigenvalue weighted by Crippen LogP contribution is -2.52. The van der Waals surface area contributed by atoms with Crippen LogP contribution in [-0.2, 0) is 27.9 Å².